The Balaban J connectivity index is 1.87. The summed E-state index contributed by atoms with van der Waals surface area (Å²) >= 11 is 0. The molecule has 1 aliphatic rings. The maximum atomic E-state index is 13.6. The lowest BCUT2D eigenvalue weighted by atomic mass is 10.0. The monoisotopic (exact) mass is 549 g/mol. The third-order valence-corrected chi connectivity index (χ3v) is 7.56. The van der Waals surface area contributed by atoms with Gasteiger partial charge in [-0.15, -0.1) is 0 Å². The number of methoxy groups -OCH3 is 1. The minimum absolute atomic E-state index is 0.0181. The van der Waals surface area contributed by atoms with Gasteiger partial charge in [0.05, 0.1) is 30.2 Å². The number of hydrogen-bond acceptors (Lipinski definition) is 8. The van der Waals surface area contributed by atoms with Crippen molar-refractivity contribution in [1.29, 1.82) is 0 Å². The first-order valence-electron chi connectivity index (χ1n) is 12.2. The highest BCUT2D eigenvalue weighted by Crippen LogP contribution is 2.22. The fourth-order valence-electron chi connectivity index (χ4n) is 3.88. The lowest BCUT2D eigenvalue weighted by Gasteiger charge is -2.31. The van der Waals surface area contributed by atoms with Crippen LogP contribution >= 0.6 is 0 Å². The number of aliphatic hydroxyl groups excluding tert-OH is 1. The van der Waals surface area contributed by atoms with Crippen molar-refractivity contribution in [3.05, 3.63) is 60.2 Å². The van der Waals surface area contributed by atoms with Crippen LogP contribution in [0.2, 0.25) is 0 Å². The zero-order valence-electron chi connectivity index (χ0n) is 21.9. The topological polar surface area (TPSA) is 144 Å². The van der Waals surface area contributed by atoms with Crippen LogP contribution in [0.1, 0.15) is 26.3 Å². The summed E-state index contributed by atoms with van der Waals surface area (Å²) < 4.78 is 43.8. The van der Waals surface area contributed by atoms with Crippen molar-refractivity contribution in [2.45, 2.75) is 55.9 Å². The zero-order valence-corrected chi connectivity index (χ0v) is 22.7. The number of nitrogens with zero attached hydrogens (tertiary/aromatic N) is 1. The summed E-state index contributed by atoms with van der Waals surface area (Å²) in [6.45, 7) is 4.62. The number of cyclic esters (lactones) is 1. The molecule has 3 rings (SSSR count). The van der Waals surface area contributed by atoms with Crippen LogP contribution in [-0.2, 0) is 25.9 Å². The van der Waals surface area contributed by atoms with E-state index < -0.39 is 46.0 Å². The molecule has 0 unspecified atom stereocenters. The van der Waals surface area contributed by atoms with Gasteiger partial charge >= 0.3 is 12.2 Å². The van der Waals surface area contributed by atoms with Crippen molar-refractivity contribution in [2.24, 2.45) is 0 Å². The van der Waals surface area contributed by atoms with Gasteiger partial charge < -0.3 is 30.0 Å². The average molecular weight is 550 g/mol. The second-order valence-corrected chi connectivity index (χ2v) is 11.9. The van der Waals surface area contributed by atoms with E-state index in [2.05, 4.69) is 10.6 Å². The molecule has 208 valence electrons. The number of benzene rings is 2. The molecule has 11 nitrogen and oxygen atoms in total. The summed E-state index contributed by atoms with van der Waals surface area (Å²) in [4.78, 5) is 24.1. The first kappa shape index (κ1) is 29.2. The molecule has 0 saturated carbocycles. The molecular formula is C26H35N3O8S. The summed E-state index contributed by atoms with van der Waals surface area (Å²) in [7, 11) is -2.65. The Kier molecular flexibility index (Phi) is 9.58. The van der Waals surface area contributed by atoms with E-state index >= 15 is 0 Å². The number of amides is 2. The number of sulfonamides is 1. The summed E-state index contributed by atoms with van der Waals surface area (Å²) in [5, 5.41) is 16.5. The first-order chi connectivity index (χ1) is 17.9. The smallest absolute Gasteiger partial charge is 0.407 e. The average Bonchev–Trinajstić information content (AvgIpc) is 3.27. The van der Waals surface area contributed by atoms with Gasteiger partial charge in [0.25, 0.3) is 0 Å². The number of ether oxygens (including phenoxy) is 3. The maximum absolute atomic E-state index is 13.6. The minimum atomic E-state index is -4.12. The van der Waals surface area contributed by atoms with Gasteiger partial charge in [0.15, 0.2) is 0 Å². The van der Waals surface area contributed by atoms with Gasteiger partial charge in [0, 0.05) is 13.1 Å². The van der Waals surface area contributed by atoms with Crippen molar-refractivity contribution >= 4 is 22.2 Å². The Bertz CT molecular complexity index is 1180. The van der Waals surface area contributed by atoms with Crippen LogP contribution < -0.4 is 15.4 Å². The molecule has 3 atom stereocenters. The van der Waals surface area contributed by atoms with Crippen LogP contribution in [0.15, 0.2) is 59.5 Å². The molecule has 0 bridgehead atoms. The Labute approximate surface area is 223 Å². The highest BCUT2D eigenvalue weighted by molar-refractivity contribution is 7.89. The van der Waals surface area contributed by atoms with E-state index in [0.29, 0.717) is 5.75 Å². The molecule has 2 amide bonds. The second kappa shape index (κ2) is 12.5. The Hall–Kier alpha value is -3.35. The fourth-order valence-corrected chi connectivity index (χ4v) is 5.39. The van der Waals surface area contributed by atoms with E-state index in [1.165, 1.54) is 31.4 Å². The fraction of sp³-hybridized carbons (Fsp3) is 0.462. The number of carbonyl (C=O) groups is 2. The van der Waals surface area contributed by atoms with Gasteiger partial charge in [-0.2, -0.15) is 4.31 Å². The van der Waals surface area contributed by atoms with E-state index in [9.17, 15) is 23.1 Å². The molecule has 3 N–H and O–H groups in total. The molecule has 1 heterocycles. The molecule has 38 heavy (non-hydrogen) atoms. The predicted molar refractivity (Wildman–Crippen MR) is 139 cm³/mol. The van der Waals surface area contributed by atoms with Crippen molar-refractivity contribution in [1.82, 2.24) is 14.9 Å². The number of alkyl carbamates (subject to hydrolysis) is 2. The molecule has 2 aromatic rings. The van der Waals surface area contributed by atoms with Crippen LogP contribution in [-0.4, -0.2) is 80.6 Å². The molecule has 2 aromatic carbocycles. The van der Waals surface area contributed by atoms with Crippen LogP contribution in [0.5, 0.6) is 5.75 Å². The van der Waals surface area contributed by atoms with Crippen molar-refractivity contribution in [2.75, 3.05) is 26.8 Å². The Morgan fingerprint density at radius 2 is 1.84 bits per heavy atom. The summed E-state index contributed by atoms with van der Waals surface area (Å²) in [5.41, 5.74) is 0.0603. The number of carbonyl (C=O) groups excluding carboxylic acids is 2. The quantitative estimate of drug-likeness (QED) is 0.387. The molecule has 12 heteroatoms. The largest absolute Gasteiger partial charge is 0.497 e. The summed E-state index contributed by atoms with van der Waals surface area (Å²) in [5.74, 6) is 0.483. The molecule has 0 aliphatic carbocycles. The number of nitrogens with one attached hydrogen (secondary N) is 2. The van der Waals surface area contributed by atoms with Gasteiger partial charge in [-0.3, -0.25) is 0 Å². The van der Waals surface area contributed by atoms with E-state index in [-0.39, 0.29) is 31.0 Å². The van der Waals surface area contributed by atoms with Gasteiger partial charge in [0.1, 0.15) is 18.0 Å². The second-order valence-electron chi connectivity index (χ2n) is 9.95. The molecule has 1 fully saturated rings. The summed E-state index contributed by atoms with van der Waals surface area (Å²) in [6, 6.07) is 13.5. The molecule has 1 saturated heterocycles. The Morgan fingerprint density at radius 1 is 1.18 bits per heavy atom. The highest BCUT2D eigenvalue weighted by Gasteiger charge is 2.35. The maximum Gasteiger partial charge on any atom is 0.407 e. The lowest BCUT2D eigenvalue weighted by Crippen LogP contribution is -2.53. The van der Waals surface area contributed by atoms with Crippen LogP contribution in [0.25, 0.3) is 0 Å². The van der Waals surface area contributed by atoms with Gasteiger partial charge in [-0.05, 0) is 57.0 Å². The van der Waals surface area contributed by atoms with E-state index in [1.807, 2.05) is 30.3 Å². The molecule has 0 radical (unpaired) electrons. The van der Waals surface area contributed by atoms with Gasteiger partial charge in [0.2, 0.25) is 10.0 Å². The van der Waals surface area contributed by atoms with Gasteiger partial charge in [-0.25, -0.2) is 18.0 Å². The summed E-state index contributed by atoms with van der Waals surface area (Å²) in [6.07, 6.45) is -2.49. The van der Waals surface area contributed by atoms with Gasteiger partial charge in [-0.1, -0.05) is 30.3 Å². The van der Waals surface area contributed by atoms with Crippen LogP contribution in [0, 0.1) is 0 Å². The Morgan fingerprint density at radius 3 is 2.39 bits per heavy atom. The lowest BCUT2D eigenvalue weighted by molar-refractivity contribution is 0.0400. The minimum Gasteiger partial charge on any atom is -0.497 e. The number of aliphatic hydroxyl groups is 1. The first-order valence-corrected chi connectivity index (χ1v) is 13.6. The molecule has 1 aliphatic heterocycles. The standard InChI is InChI=1S/C26H35N3O8S/c1-26(2,3)37-25(32)28-22(14-18-8-6-5-7-9-18)23(30)16-29(15-19-17-36-24(31)27-19)38(33,34)21-12-10-20(35-4)11-13-21/h5-13,19,22-23,30H,14-17H2,1-4H3,(H,27,31)(H,28,32)/t19-,22+,23-/m1/s1. The SMILES string of the molecule is COc1ccc(S(=O)(=O)N(C[C@@H]2COC(=O)N2)C[C@@H](O)[C@H](Cc2ccccc2)NC(=O)OC(C)(C)C)cc1. The third-order valence-electron chi connectivity index (χ3n) is 5.71. The molecular weight excluding hydrogens is 514 g/mol. The van der Waals surface area contributed by atoms with E-state index in [4.69, 9.17) is 14.2 Å². The normalized spacial score (nSPS) is 17.3. The van der Waals surface area contributed by atoms with E-state index in [0.717, 1.165) is 9.87 Å². The highest BCUT2D eigenvalue weighted by atomic mass is 32.2. The van der Waals surface area contributed by atoms with Crippen molar-refractivity contribution < 1.29 is 37.3 Å². The van der Waals surface area contributed by atoms with Crippen molar-refractivity contribution in [3.8, 4) is 5.75 Å². The van der Waals surface area contributed by atoms with E-state index in [1.54, 1.807) is 20.8 Å². The van der Waals surface area contributed by atoms with Crippen LogP contribution in [0.4, 0.5) is 9.59 Å². The number of hydrogen-bond donors (Lipinski definition) is 3. The third kappa shape index (κ3) is 8.33. The molecule has 0 aromatic heterocycles. The van der Waals surface area contributed by atoms with Crippen molar-refractivity contribution in [3.63, 3.8) is 0 Å². The number of rotatable bonds is 11. The van der Waals surface area contributed by atoms with Crippen LogP contribution in [0.3, 0.4) is 0 Å². The molecule has 0 spiro atoms. The zero-order chi connectivity index (χ0) is 27.9. The predicted octanol–water partition coefficient (Wildman–Crippen LogP) is 2.29.